The van der Waals surface area contributed by atoms with E-state index in [0.717, 1.165) is 63.5 Å². The van der Waals surface area contributed by atoms with Crippen LogP contribution >= 0.6 is 0 Å². The summed E-state index contributed by atoms with van der Waals surface area (Å²) in [7, 11) is 4.29. The number of carbonyl (C=O) groups is 2. The second-order valence-corrected chi connectivity index (χ2v) is 10.4. The second-order valence-electron chi connectivity index (χ2n) is 10.4. The van der Waals surface area contributed by atoms with Crippen LogP contribution in [-0.2, 0) is 12.8 Å². The standard InChI is InChI=1S/C30H36N6O2/c1-33-11-15-35(16-12-33)25-7-3-23(4-8-25)19-29(37)27-21-28(32-22-31-27)30(38)20-24-5-9-26(10-6-24)36-17-13-34(2)14-18-36/h3-10,21-22H,11-20H2,1-2H3. The first-order valence-corrected chi connectivity index (χ1v) is 13.4. The van der Waals surface area contributed by atoms with Gasteiger partial charge in [0.25, 0.3) is 0 Å². The molecule has 5 rings (SSSR count). The molecule has 0 atom stereocenters. The molecule has 198 valence electrons. The Kier molecular flexibility index (Phi) is 8.10. The molecule has 2 aromatic carbocycles. The maximum absolute atomic E-state index is 13.0. The predicted molar refractivity (Wildman–Crippen MR) is 150 cm³/mol. The molecule has 2 aliphatic heterocycles. The van der Waals surface area contributed by atoms with Gasteiger partial charge in [-0.25, -0.2) is 9.97 Å². The highest BCUT2D eigenvalue weighted by Crippen LogP contribution is 2.20. The highest BCUT2D eigenvalue weighted by molar-refractivity contribution is 6.00. The third-order valence-electron chi connectivity index (χ3n) is 7.58. The number of likely N-dealkylation sites (N-methyl/N-ethyl adjacent to an activating group) is 2. The lowest BCUT2D eigenvalue weighted by Gasteiger charge is -2.34. The van der Waals surface area contributed by atoms with Crippen molar-refractivity contribution in [2.24, 2.45) is 0 Å². The zero-order chi connectivity index (χ0) is 26.5. The molecule has 0 bridgehead atoms. The molecule has 0 radical (unpaired) electrons. The van der Waals surface area contributed by atoms with E-state index in [9.17, 15) is 9.59 Å². The Labute approximate surface area is 224 Å². The minimum absolute atomic E-state index is 0.120. The first-order valence-electron chi connectivity index (χ1n) is 13.4. The van der Waals surface area contributed by atoms with E-state index >= 15 is 0 Å². The Bertz CT molecular complexity index is 1150. The summed E-state index contributed by atoms with van der Waals surface area (Å²) in [6, 6.07) is 17.9. The van der Waals surface area contributed by atoms with Crippen molar-refractivity contribution < 1.29 is 9.59 Å². The molecule has 8 heteroatoms. The molecule has 2 saturated heterocycles. The Morgan fingerprint density at radius 1 is 0.605 bits per heavy atom. The van der Waals surface area contributed by atoms with Gasteiger partial charge < -0.3 is 19.6 Å². The molecule has 1 aromatic heterocycles. The average Bonchev–Trinajstić information content (AvgIpc) is 2.95. The van der Waals surface area contributed by atoms with Crippen LogP contribution in [0.25, 0.3) is 0 Å². The number of rotatable bonds is 8. The van der Waals surface area contributed by atoms with Crippen LogP contribution in [0.5, 0.6) is 0 Å². The molecule has 2 aliphatic rings. The lowest BCUT2D eigenvalue weighted by Crippen LogP contribution is -2.44. The topological polar surface area (TPSA) is 72.9 Å². The normalized spacial score (nSPS) is 17.0. The van der Waals surface area contributed by atoms with Crippen molar-refractivity contribution in [2.75, 3.05) is 76.3 Å². The van der Waals surface area contributed by atoms with Crippen LogP contribution in [0, 0.1) is 0 Å². The monoisotopic (exact) mass is 512 g/mol. The Balaban J connectivity index is 1.17. The molecule has 3 aromatic rings. The van der Waals surface area contributed by atoms with Crippen LogP contribution in [-0.4, -0.2) is 97.8 Å². The van der Waals surface area contributed by atoms with Crippen molar-refractivity contribution in [2.45, 2.75) is 12.8 Å². The fraction of sp³-hybridized carbons (Fsp3) is 0.400. The molecule has 3 heterocycles. The lowest BCUT2D eigenvalue weighted by molar-refractivity contribution is 0.0987. The Morgan fingerprint density at radius 2 is 0.974 bits per heavy atom. The van der Waals surface area contributed by atoms with Gasteiger partial charge in [-0.2, -0.15) is 0 Å². The molecule has 0 unspecified atom stereocenters. The fourth-order valence-corrected chi connectivity index (χ4v) is 4.99. The van der Waals surface area contributed by atoms with Gasteiger partial charge in [0.05, 0.1) is 0 Å². The van der Waals surface area contributed by atoms with E-state index in [-0.39, 0.29) is 35.8 Å². The number of nitrogens with zero attached hydrogens (tertiary/aromatic N) is 6. The van der Waals surface area contributed by atoms with Crippen LogP contribution in [0.1, 0.15) is 32.1 Å². The number of ketones is 2. The van der Waals surface area contributed by atoms with Crippen molar-refractivity contribution in [3.05, 3.63) is 83.4 Å². The molecule has 0 saturated carbocycles. The second kappa shape index (κ2) is 11.8. The van der Waals surface area contributed by atoms with Crippen LogP contribution in [0.3, 0.4) is 0 Å². The molecule has 2 fully saturated rings. The van der Waals surface area contributed by atoms with Crippen molar-refractivity contribution in [3.63, 3.8) is 0 Å². The summed E-state index contributed by atoms with van der Waals surface area (Å²) in [6.45, 7) is 8.24. The zero-order valence-corrected chi connectivity index (χ0v) is 22.3. The van der Waals surface area contributed by atoms with Gasteiger partial charge in [-0.3, -0.25) is 9.59 Å². The highest BCUT2D eigenvalue weighted by atomic mass is 16.1. The molecular weight excluding hydrogens is 476 g/mol. The predicted octanol–water partition coefficient (Wildman–Crippen LogP) is 2.83. The summed E-state index contributed by atoms with van der Waals surface area (Å²) in [5.74, 6) is -0.240. The van der Waals surface area contributed by atoms with E-state index in [1.54, 1.807) is 0 Å². The van der Waals surface area contributed by atoms with Gasteiger partial charge >= 0.3 is 0 Å². The third-order valence-corrected chi connectivity index (χ3v) is 7.58. The van der Waals surface area contributed by atoms with E-state index in [2.05, 4.69) is 67.9 Å². The minimum atomic E-state index is -0.120. The summed E-state index contributed by atoms with van der Waals surface area (Å²) >= 11 is 0. The summed E-state index contributed by atoms with van der Waals surface area (Å²) in [6.07, 6.45) is 1.79. The SMILES string of the molecule is CN1CCN(c2ccc(CC(=O)c3cc(C(=O)Cc4ccc(N5CCN(C)CC5)cc4)ncn3)cc2)CC1. The molecule has 8 nitrogen and oxygen atoms in total. The molecule has 0 N–H and O–H groups in total. The van der Waals surface area contributed by atoms with E-state index in [1.807, 2.05) is 24.3 Å². The quantitative estimate of drug-likeness (QED) is 0.427. The van der Waals surface area contributed by atoms with Crippen molar-refractivity contribution in [3.8, 4) is 0 Å². The van der Waals surface area contributed by atoms with Gasteiger partial charge in [0.15, 0.2) is 11.6 Å². The Hall–Kier alpha value is -3.62. The largest absolute Gasteiger partial charge is 0.369 e. The molecule has 38 heavy (non-hydrogen) atoms. The number of Topliss-reactive ketones (excluding diaryl/α,β-unsaturated/α-hetero) is 2. The van der Waals surface area contributed by atoms with Crippen LogP contribution < -0.4 is 9.80 Å². The summed E-state index contributed by atoms with van der Waals surface area (Å²) in [5, 5.41) is 0. The van der Waals surface area contributed by atoms with Gasteiger partial charge in [0.1, 0.15) is 17.7 Å². The number of carbonyl (C=O) groups excluding carboxylic acids is 2. The number of benzene rings is 2. The molecule has 0 amide bonds. The number of anilines is 2. The van der Waals surface area contributed by atoms with Crippen LogP contribution in [0.2, 0.25) is 0 Å². The van der Waals surface area contributed by atoms with Crippen molar-refractivity contribution >= 4 is 22.9 Å². The van der Waals surface area contributed by atoms with Crippen LogP contribution in [0.4, 0.5) is 11.4 Å². The van der Waals surface area contributed by atoms with Gasteiger partial charge in [0.2, 0.25) is 0 Å². The summed E-state index contributed by atoms with van der Waals surface area (Å²) in [5.41, 5.74) is 4.77. The maximum Gasteiger partial charge on any atom is 0.185 e. The van der Waals surface area contributed by atoms with Gasteiger partial charge in [-0.05, 0) is 55.6 Å². The average molecular weight is 513 g/mol. The van der Waals surface area contributed by atoms with Gasteiger partial charge in [-0.15, -0.1) is 0 Å². The first kappa shape index (κ1) is 26.0. The van der Waals surface area contributed by atoms with E-state index in [1.165, 1.54) is 23.8 Å². The fourth-order valence-electron chi connectivity index (χ4n) is 4.99. The van der Waals surface area contributed by atoms with Crippen molar-refractivity contribution in [1.29, 1.82) is 0 Å². The van der Waals surface area contributed by atoms with Gasteiger partial charge in [-0.1, -0.05) is 24.3 Å². The minimum Gasteiger partial charge on any atom is -0.369 e. The maximum atomic E-state index is 13.0. The first-order chi connectivity index (χ1) is 18.4. The third kappa shape index (κ3) is 6.44. The van der Waals surface area contributed by atoms with Crippen molar-refractivity contribution in [1.82, 2.24) is 19.8 Å². The number of piperazine rings is 2. The van der Waals surface area contributed by atoms with E-state index < -0.39 is 0 Å². The summed E-state index contributed by atoms with van der Waals surface area (Å²) < 4.78 is 0. The zero-order valence-electron chi connectivity index (χ0n) is 22.3. The highest BCUT2D eigenvalue weighted by Gasteiger charge is 2.18. The molecule has 0 spiro atoms. The smallest absolute Gasteiger partial charge is 0.185 e. The molecule has 0 aliphatic carbocycles. The van der Waals surface area contributed by atoms with E-state index in [0.29, 0.717) is 0 Å². The summed E-state index contributed by atoms with van der Waals surface area (Å²) in [4.78, 5) is 43.6. The molecular formula is C30H36N6O2. The lowest BCUT2D eigenvalue weighted by atomic mass is 10.0. The van der Waals surface area contributed by atoms with Gasteiger partial charge in [0, 0.05) is 76.6 Å². The number of hydrogen-bond donors (Lipinski definition) is 0. The number of hydrogen-bond acceptors (Lipinski definition) is 8. The van der Waals surface area contributed by atoms with Crippen LogP contribution in [0.15, 0.2) is 60.9 Å². The van der Waals surface area contributed by atoms with E-state index in [4.69, 9.17) is 0 Å². The number of aromatic nitrogens is 2. The Morgan fingerprint density at radius 3 is 1.34 bits per heavy atom.